The van der Waals surface area contributed by atoms with Gasteiger partial charge in [0.2, 0.25) is 0 Å². The molecule has 0 aliphatic heterocycles. The lowest BCUT2D eigenvalue weighted by Crippen LogP contribution is -2.58. The summed E-state index contributed by atoms with van der Waals surface area (Å²) in [6, 6.07) is 0. The predicted molar refractivity (Wildman–Crippen MR) is 98.3 cm³/mol. The van der Waals surface area contributed by atoms with Crippen LogP contribution in [0.3, 0.4) is 0 Å². The van der Waals surface area contributed by atoms with Gasteiger partial charge in [0.15, 0.2) is 6.29 Å². The molecule has 0 heterocycles. The lowest BCUT2D eigenvalue weighted by atomic mass is 9.47. The van der Waals surface area contributed by atoms with Crippen LogP contribution in [0.25, 0.3) is 0 Å². The summed E-state index contributed by atoms with van der Waals surface area (Å²) < 4.78 is 22.6. The summed E-state index contributed by atoms with van der Waals surface area (Å²) in [5, 5.41) is 0. The van der Waals surface area contributed by atoms with Gasteiger partial charge in [-0.25, -0.2) is 4.79 Å². The van der Waals surface area contributed by atoms with Crippen LogP contribution in [0, 0.1) is 23.2 Å². The summed E-state index contributed by atoms with van der Waals surface area (Å²) in [7, 11) is 1.63. The van der Waals surface area contributed by atoms with Crippen LogP contribution in [0.2, 0.25) is 0 Å². The molecule has 0 saturated heterocycles. The van der Waals surface area contributed by atoms with Gasteiger partial charge >= 0.3 is 5.97 Å². The quantitative estimate of drug-likeness (QED) is 0.350. The van der Waals surface area contributed by atoms with Gasteiger partial charge in [0, 0.05) is 18.1 Å². The van der Waals surface area contributed by atoms with Gasteiger partial charge in [0.05, 0.1) is 12.2 Å². The first-order valence-electron chi connectivity index (χ1n) is 9.95. The third kappa shape index (κ3) is 4.15. The van der Waals surface area contributed by atoms with Crippen LogP contribution in [-0.4, -0.2) is 38.4 Å². The molecule has 4 saturated carbocycles. The van der Waals surface area contributed by atoms with E-state index in [1.807, 2.05) is 13.8 Å². The van der Waals surface area contributed by atoms with Crippen molar-refractivity contribution in [2.24, 2.45) is 23.2 Å². The Labute approximate surface area is 157 Å². The summed E-state index contributed by atoms with van der Waals surface area (Å²) in [4.78, 5) is 11.9. The molecule has 0 aromatic rings. The van der Waals surface area contributed by atoms with E-state index in [-0.39, 0.29) is 36.7 Å². The molecule has 0 aromatic carbocycles. The average molecular weight is 366 g/mol. The Balaban J connectivity index is 1.67. The van der Waals surface area contributed by atoms with Crippen molar-refractivity contribution in [2.45, 2.75) is 77.8 Å². The average Bonchev–Trinajstić information content (AvgIpc) is 2.55. The van der Waals surface area contributed by atoms with Crippen LogP contribution < -0.4 is 0 Å². The monoisotopic (exact) mass is 366 g/mol. The maximum Gasteiger partial charge on any atom is 0.333 e. The molecule has 0 amide bonds. The van der Waals surface area contributed by atoms with Gasteiger partial charge in [-0.2, -0.15) is 0 Å². The molecule has 4 rings (SSSR count). The van der Waals surface area contributed by atoms with Gasteiger partial charge in [0.25, 0.3) is 0 Å². The predicted octanol–water partition coefficient (Wildman–Crippen LogP) is 4.06. The third-order valence-corrected chi connectivity index (χ3v) is 6.59. The molecule has 5 heteroatoms. The van der Waals surface area contributed by atoms with Crippen molar-refractivity contribution in [2.75, 3.05) is 13.9 Å². The number of carbonyl (C=O) groups excluding carboxylic acids is 1. The second-order valence-corrected chi connectivity index (χ2v) is 8.85. The van der Waals surface area contributed by atoms with E-state index in [2.05, 4.69) is 6.58 Å². The Morgan fingerprint density at radius 3 is 2.42 bits per heavy atom. The molecule has 4 bridgehead atoms. The van der Waals surface area contributed by atoms with Gasteiger partial charge in [-0.15, -0.1) is 0 Å². The second-order valence-electron chi connectivity index (χ2n) is 8.85. The van der Waals surface area contributed by atoms with E-state index < -0.39 is 0 Å². The highest BCUT2D eigenvalue weighted by molar-refractivity contribution is 5.87. The molecule has 4 aliphatic carbocycles. The normalized spacial score (nSPS) is 37.4. The standard InChI is InChI=1S/C21H34O5/c1-13(2)20(22)26-14(3)9-21-10-16-6-17(11-21)8-18(7-16)19(21)25-12-24-15(4)23-5/h14-19H,1,6-12H2,2-5H3. The van der Waals surface area contributed by atoms with Crippen LogP contribution in [0.4, 0.5) is 0 Å². The minimum absolute atomic E-state index is 0.100. The molecule has 5 nitrogen and oxygen atoms in total. The van der Waals surface area contributed by atoms with Gasteiger partial charge in [0.1, 0.15) is 6.79 Å². The minimum Gasteiger partial charge on any atom is -0.459 e. The topological polar surface area (TPSA) is 54.0 Å². The smallest absolute Gasteiger partial charge is 0.333 e. The van der Waals surface area contributed by atoms with Gasteiger partial charge in [-0.3, -0.25) is 0 Å². The first kappa shape index (κ1) is 19.8. The van der Waals surface area contributed by atoms with Crippen molar-refractivity contribution in [3.63, 3.8) is 0 Å². The van der Waals surface area contributed by atoms with Crippen LogP contribution in [0.1, 0.15) is 59.3 Å². The Hall–Kier alpha value is -0.910. The Bertz CT molecular complexity index is 516. The third-order valence-electron chi connectivity index (χ3n) is 6.59. The van der Waals surface area contributed by atoms with Crippen LogP contribution >= 0.6 is 0 Å². The zero-order valence-electron chi connectivity index (χ0n) is 16.7. The van der Waals surface area contributed by atoms with Crippen molar-refractivity contribution in [1.29, 1.82) is 0 Å². The molecule has 0 N–H and O–H groups in total. The summed E-state index contributed by atoms with van der Waals surface area (Å²) in [6.07, 6.45) is 6.91. The number of rotatable bonds is 9. The number of carbonyl (C=O) groups is 1. The van der Waals surface area contributed by atoms with Gasteiger partial charge in [-0.05, 0) is 77.0 Å². The first-order valence-corrected chi connectivity index (χ1v) is 9.95. The maximum absolute atomic E-state index is 11.9. The van der Waals surface area contributed by atoms with Crippen LogP contribution in [-0.2, 0) is 23.7 Å². The summed E-state index contributed by atoms with van der Waals surface area (Å²) in [6.45, 7) is 9.51. The maximum atomic E-state index is 11.9. The number of hydrogen-bond acceptors (Lipinski definition) is 5. The Morgan fingerprint density at radius 1 is 1.19 bits per heavy atom. The van der Waals surface area contributed by atoms with Crippen molar-refractivity contribution < 1.29 is 23.7 Å². The summed E-state index contributed by atoms with van der Waals surface area (Å²) in [5.74, 6) is 1.91. The molecule has 0 aromatic heterocycles. The zero-order chi connectivity index (χ0) is 18.9. The lowest BCUT2D eigenvalue weighted by Gasteiger charge is -2.61. The number of esters is 1. The fourth-order valence-electron chi connectivity index (χ4n) is 5.93. The fraction of sp³-hybridized carbons (Fsp3) is 0.857. The highest BCUT2D eigenvalue weighted by Gasteiger charge is 2.58. The highest BCUT2D eigenvalue weighted by Crippen LogP contribution is 2.62. The van der Waals surface area contributed by atoms with Gasteiger partial charge in [-0.1, -0.05) is 6.58 Å². The SMILES string of the molecule is C=C(C)C(=O)OC(C)CC12CC3CC(CC(C3)C1OCOC(C)OC)C2. The summed E-state index contributed by atoms with van der Waals surface area (Å²) in [5.41, 5.74) is 0.556. The Kier molecular flexibility index (Phi) is 6.10. The van der Waals surface area contributed by atoms with E-state index >= 15 is 0 Å². The molecule has 5 unspecified atom stereocenters. The van der Waals surface area contributed by atoms with Crippen molar-refractivity contribution in [3.05, 3.63) is 12.2 Å². The van der Waals surface area contributed by atoms with Gasteiger partial charge < -0.3 is 18.9 Å². The second kappa shape index (κ2) is 7.99. The molecule has 26 heavy (non-hydrogen) atoms. The number of ether oxygens (including phenoxy) is 4. The summed E-state index contributed by atoms with van der Waals surface area (Å²) >= 11 is 0. The van der Waals surface area contributed by atoms with Crippen LogP contribution in [0.5, 0.6) is 0 Å². The van der Waals surface area contributed by atoms with Crippen molar-refractivity contribution >= 4 is 5.97 Å². The molecule has 0 radical (unpaired) electrons. The van der Waals surface area contributed by atoms with E-state index in [1.165, 1.54) is 32.1 Å². The van der Waals surface area contributed by atoms with Crippen molar-refractivity contribution in [3.8, 4) is 0 Å². The molecule has 4 fully saturated rings. The largest absolute Gasteiger partial charge is 0.459 e. The fourth-order valence-corrected chi connectivity index (χ4v) is 5.93. The lowest BCUT2D eigenvalue weighted by molar-refractivity contribution is -0.249. The molecule has 148 valence electrons. The van der Waals surface area contributed by atoms with E-state index in [1.54, 1.807) is 14.0 Å². The van der Waals surface area contributed by atoms with Crippen molar-refractivity contribution in [1.82, 2.24) is 0 Å². The molecular formula is C21H34O5. The van der Waals surface area contributed by atoms with Crippen LogP contribution in [0.15, 0.2) is 12.2 Å². The molecule has 5 atom stereocenters. The van der Waals surface area contributed by atoms with E-state index in [9.17, 15) is 4.79 Å². The highest BCUT2D eigenvalue weighted by atomic mass is 16.7. The zero-order valence-corrected chi connectivity index (χ0v) is 16.7. The molecular weight excluding hydrogens is 332 g/mol. The van der Waals surface area contributed by atoms with E-state index in [4.69, 9.17) is 18.9 Å². The molecule has 4 aliphatic rings. The molecule has 0 spiro atoms. The number of hydrogen-bond donors (Lipinski definition) is 0. The minimum atomic E-state index is -0.294. The first-order chi connectivity index (χ1) is 12.3. The van der Waals surface area contributed by atoms with E-state index in [0.717, 1.165) is 18.3 Å². The Morgan fingerprint density at radius 2 is 1.85 bits per heavy atom. The number of methoxy groups -OCH3 is 1. The van der Waals surface area contributed by atoms with E-state index in [0.29, 0.717) is 11.5 Å².